The number of aliphatic imine (C=N–C) groups is 1. The number of ketones is 1. The molecular formula is C34H44F3N3O. The highest BCUT2D eigenvalue weighted by Crippen LogP contribution is 2.38. The third-order valence-electron chi connectivity index (χ3n) is 9.01. The number of carbonyl (C=O) groups excluding carboxylic acids is 1. The van der Waals surface area contributed by atoms with Gasteiger partial charge in [-0.1, -0.05) is 50.5 Å². The largest absolute Gasteiger partial charge is 0.412 e. The minimum absolute atomic E-state index is 0.0383. The number of carbonyl (C=O) groups is 1. The maximum absolute atomic E-state index is 13.8. The van der Waals surface area contributed by atoms with Crippen LogP contribution in [-0.2, 0) is 11.2 Å². The third-order valence-corrected chi connectivity index (χ3v) is 9.01. The van der Waals surface area contributed by atoms with E-state index in [-0.39, 0.29) is 24.0 Å². The lowest BCUT2D eigenvalue weighted by atomic mass is 9.75. The van der Waals surface area contributed by atoms with Crippen LogP contribution >= 0.6 is 0 Å². The van der Waals surface area contributed by atoms with Gasteiger partial charge in [-0.2, -0.15) is 13.2 Å². The van der Waals surface area contributed by atoms with Crippen LogP contribution in [0.3, 0.4) is 0 Å². The molecule has 0 aromatic carbocycles. The Hall–Kier alpha value is -2.83. The molecule has 0 spiro atoms. The summed E-state index contributed by atoms with van der Waals surface area (Å²) < 4.78 is 40.9. The summed E-state index contributed by atoms with van der Waals surface area (Å²) in [6.45, 7) is 8.74. The van der Waals surface area contributed by atoms with E-state index in [4.69, 9.17) is 0 Å². The van der Waals surface area contributed by atoms with Crippen molar-refractivity contribution < 1.29 is 18.0 Å². The van der Waals surface area contributed by atoms with Crippen LogP contribution in [0.4, 0.5) is 13.2 Å². The molecule has 2 heterocycles. The van der Waals surface area contributed by atoms with Crippen LogP contribution < -0.4 is 0 Å². The molecule has 4 nitrogen and oxygen atoms in total. The van der Waals surface area contributed by atoms with Crippen LogP contribution in [0.2, 0.25) is 0 Å². The summed E-state index contributed by atoms with van der Waals surface area (Å²) >= 11 is 0. The molecule has 1 aliphatic heterocycles. The third kappa shape index (κ3) is 8.83. The number of halogens is 3. The Balaban J connectivity index is 1.46. The highest BCUT2D eigenvalue weighted by molar-refractivity contribution is 6.00. The molecule has 1 fully saturated rings. The second-order valence-corrected chi connectivity index (χ2v) is 12.3. The number of aryl methyl sites for hydroxylation is 3. The van der Waals surface area contributed by atoms with Crippen molar-refractivity contribution in [3.05, 3.63) is 70.4 Å². The van der Waals surface area contributed by atoms with E-state index in [0.717, 1.165) is 79.5 Å². The minimum atomic E-state index is -4.41. The lowest BCUT2D eigenvalue weighted by Crippen LogP contribution is -2.21. The summed E-state index contributed by atoms with van der Waals surface area (Å²) in [5, 5.41) is 0. The van der Waals surface area contributed by atoms with Gasteiger partial charge in [0.2, 0.25) is 0 Å². The molecule has 7 heteroatoms. The van der Waals surface area contributed by atoms with Gasteiger partial charge in [0.25, 0.3) is 0 Å². The van der Waals surface area contributed by atoms with Crippen molar-refractivity contribution in [3.8, 4) is 0 Å². The molecule has 0 radical (unpaired) electrons. The quantitative estimate of drug-likeness (QED) is 0.332. The van der Waals surface area contributed by atoms with Gasteiger partial charge in [-0.25, -0.2) is 9.97 Å². The van der Waals surface area contributed by atoms with Gasteiger partial charge in [0.05, 0.1) is 0 Å². The molecule has 1 saturated carbocycles. The number of alkyl halides is 3. The maximum atomic E-state index is 13.8. The first-order chi connectivity index (χ1) is 19.5. The molecule has 2 aliphatic carbocycles. The zero-order valence-electron chi connectivity index (χ0n) is 24.9. The van der Waals surface area contributed by atoms with E-state index >= 15 is 0 Å². The molecule has 3 aliphatic rings. The van der Waals surface area contributed by atoms with E-state index < -0.39 is 11.7 Å². The molecule has 4 atom stereocenters. The van der Waals surface area contributed by atoms with Crippen LogP contribution in [0.15, 0.2) is 58.2 Å². The number of aromatic nitrogens is 2. The topological polar surface area (TPSA) is 55.2 Å². The van der Waals surface area contributed by atoms with Gasteiger partial charge in [0.1, 0.15) is 5.82 Å². The van der Waals surface area contributed by atoms with Gasteiger partial charge in [-0.15, -0.1) is 0 Å². The Bertz CT molecular complexity index is 1230. The molecule has 0 amide bonds. The zero-order valence-corrected chi connectivity index (χ0v) is 24.9. The molecule has 222 valence electrons. The average molecular weight is 568 g/mol. The number of Topliss-reactive ketones (excluding diaryl/α,β-unsaturated/α-hetero) is 1. The maximum Gasteiger partial charge on any atom is 0.412 e. The Morgan fingerprint density at radius 2 is 1.78 bits per heavy atom. The second-order valence-electron chi connectivity index (χ2n) is 12.3. The van der Waals surface area contributed by atoms with Crippen LogP contribution in [0.1, 0.15) is 88.8 Å². The lowest BCUT2D eigenvalue weighted by molar-refractivity contribution is -0.116. The van der Waals surface area contributed by atoms with E-state index in [1.54, 1.807) is 6.08 Å². The molecule has 0 bridgehead atoms. The molecule has 4 unspecified atom stereocenters. The summed E-state index contributed by atoms with van der Waals surface area (Å²) in [4.78, 5) is 27.6. The van der Waals surface area contributed by atoms with Crippen LogP contribution in [0.5, 0.6) is 0 Å². The first-order valence-electron chi connectivity index (χ1n) is 15.2. The Morgan fingerprint density at radius 3 is 2.51 bits per heavy atom. The second kappa shape index (κ2) is 13.9. The number of nitrogens with zero attached hydrogens (tertiary/aromatic N) is 3. The smallest absolute Gasteiger partial charge is 0.294 e. The zero-order chi connectivity index (χ0) is 29.6. The van der Waals surface area contributed by atoms with Gasteiger partial charge in [-0.3, -0.25) is 9.79 Å². The Labute approximate surface area is 243 Å². The predicted octanol–water partition coefficient (Wildman–Crippen LogP) is 8.60. The van der Waals surface area contributed by atoms with Gasteiger partial charge in [0, 0.05) is 53.6 Å². The summed E-state index contributed by atoms with van der Waals surface area (Å²) in [6.07, 6.45) is 11.6. The monoisotopic (exact) mass is 567 g/mol. The van der Waals surface area contributed by atoms with Crippen molar-refractivity contribution in [3.63, 3.8) is 0 Å². The standard InChI is InChI=1S/C34H44F3N3O/c1-22-7-5-9-26(11-12-27(22)13-18-33-39-24(3)19-25(4)40-33)20-32(41)31-17-15-29(34(35,36)37)14-16-30(31)28-10-6-8-23(2)38-21-28/h6,8,15-17,19,22,26-28H,5,7,9-14,18,20-21H2,1-4H3. The minimum Gasteiger partial charge on any atom is -0.294 e. The van der Waals surface area contributed by atoms with Crippen molar-refractivity contribution in [2.75, 3.05) is 6.54 Å². The summed E-state index contributed by atoms with van der Waals surface area (Å²) in [7, 11) is 0. The first kappa shape index (κ1) is 31.1. The molecule has 1 aromatic rings. The molecule has 41 heavy (non-hydrogen) atoms. The summed E-state index contributed by atoms with van der Waals surface area (Å²) in [5.41, 5.74) is 3.44. The molecular weight excluding hydrogens is 523 g/mol. The predicted molar refractivity (Wildman–Crippen MR) is 159 cm³/mol. The fourth-order valence-corrected chi connectivity index (χ4v) is 6.61. The number of hydrogen-bond donors (Lipinski definition) is 0. The highest BCUT2D eigenvalue weighted by atomic mass is 19.4. The van der Waals surface area contributed by atoms with Crippen LogP contribution in [-0.4, -0.2) is 34.2 Å². The average Bonchev–Trinajstić information content (AvgIpc) is 3.24. The van der Waals surface area contributed by atoms with E-state index in [9.17, 15) is 18.0 Å². The number of allylic oxidation sites excluding steroid dienone is 7. The lowest BCUT2D eigenvalue weighted by Gasteiger charge is -2.30. The van der Waals surface area contributed by atoms with Crippen LogP contribution in [0.25, 0.3) is 0 Å². The van der Waals surface area contributed by atoms with Crippen molar-refractivity contribution in [2.45, 2.75) is 98.1 Å². The normalized spacial score (nSPS) is 26.0. The van der Waals surface area contributed by atoms with E-state index in [1.165, 1.54) is 6.08 Å². The van der Waals surface area contributed by atoms with Gasteiger partial charge >= 0.3 is 6.18 Å². The van der Waals surface area contributed by atoms with E-state index in [1.807, 2.05) is 39.0 Å². The Kier molecular flexibility index (Phi) is 10.5. The molecule has 0 N–H and O–H groups in total. The molecule has 0 saturated heterocycles. The SMILES string of the molecule is CC1=NCC(C2=CCC(C(F)(F)F)=CC=C2C(=O)CC2CCCC(C)C(CCc3nc(C)cc(C)n3)CC2)CC=C1. The van der Waals surface area contributed by atoms with Crippen molar-refractivity contribution in [1.29, 1.82) is 0 Å². The van der Waals surface area contributed by atoms with E-state index in [0.29, 0.717) is 36.8 Å². The fraction of sp³-hybridized carbons (Fsp3) is 0.588. The van der Waals surface area contributed by atoms with Crippen molar-refractivity contribution >= 4 is 11.5 Å². The van der Waals surface area contributed by atoms with E-state index in [2.05, 4.69) is 21.9 Å². The fourth-order valence-electron chi connectivity index (χ4n) is 6.61. The number of rotatable bonds is 7. The summed E-state index contributed by atoms with van der Waals surface area (Å²) in [5.74, 6) is 2.15. The molecule has 4 rings (SSSR count). The molecule has 1 aromatic heterocycles. The Morgan fingerprint density at radius 1 is 1.02 bits per heavy atom. The van der Waals surface area contributed by atoms with Gasteiger partial charge in [-0.05, 0) is 88.3 Å². The van der Waals surface area contributed by atoms with Crippen LogP contribution in [0, 0.1) is 37.5 Å². The number of hydrogen-bond acceptors (Lipinski definition) is 4. The first-order valence-corrected chi connectivity index (χ1v) is 15.2. The van der Waals surface area contributed by atoms with Crippen molar-refractivity contribution in [1.82, 2.24) is 9.97 Å². The van der Waals surface area contributed by atoms with Gasteiger partial charge in [0.15, 0.2) is 5.78 Å². The van der Waals surface area contributed by atoms with Crippen molar-refractivity contribution in [2.24, 2.45) is 28.7 Å². The highest BCUT2D eigenvalue weighted by Gasteiger charge is 2.34. The summed E-state index contributed by atoms with van der Waals surface area (Å²) in [6, 6.07) is 1.99. The van der Waals surface area contributed by atoms with Gasteiger partial charge < -0.3 is 0 Å².